The Hall–Kier alpha value is -1.36. The summed E-state index contributed by atoms with van der Waals surface area (Å²) in [6, 6.07) is 6.59. The largest absolute Gasteiger partial charge is 0.350 e. The number of carbonyl (C=O) groups excluding carboxylic acids is 1. The molecule has 4 nitrogen and oxygen atoms in total. The van der Waals surface area contributed by atoms with Gasteiger partial charge in [-0.05, 0) is 44.9 Å². The van der Waals surface area contributed by atoms with E-state index in [9.17, 15) is 13.2 Å². The lowest BCUT2D eigenvalue weighted by Gasteiger charge is -2.24. The summed E-state index contributed by atoms with van der Waals surface area (Å²) in [5.41, 5.74) is 0.467. The molecular formula is C14H21NO3S. The van der Waals surface area contributed by atoms with Gasteiger partial charge in [-0.25, -0.2) is 8.42 Å². The standard InChI is InChI=1S/C14H21NO3S/c1-5-14(3,4)15-13(16)10-19(17,18)12-8-6-7-11(2)9-12/h6-9H,5,10H2,1-4H3,(H,15,16). The molecule has 0 atom stereocenters. The van der Waals surface area contributed by atoms with Gasteiger partial charge in [-0.15, -0.1) is 0 Å². The van der Waals surface area contributed by atoms with Gasteiger partial charge in [0.2, 0.25) is 5.91 Å². The minimum Gasteiger partial charge on any atom is -0.350 e. The van der Waals surface area contributed by atoms with E-state index >= 15 is 0 Å². The first-order valence-corrected chi connectivity index (χ1v) is 7.92. The number of hydrogen-bond acceptors (Lipinski definition) is 3. The maximum absolute atomic E-state index is 12.1. The van der Waals surface area contributed by atoms with E-state index in [1.54, 1.807) is 12.1 Å². The number of hydrogen-bond donors (Lipinski definition) is 1. The van der Waals surface area contributed by atoms with Crippen molar-refractivity contribution in [1.82, 2.24) is 5.32 Å². The smallest absolute Gasteiger partial charge is 0.235 e. The van der Waals surface area contributed by atoms with Gasteiger partial charge in [0.25, 0.3) is 0 Å². The lowest BCUT2D eigenvalue weighted by atomic mass is 10.0. The molecule has 5 heteroatoms. The van der Waals surface area contributed by atoms with E-state index in [2.05, 4.69) is 5.32 Å². The van der Waals surface area contributed by atoms with Crippen LogP contribution in [0.1, 0.15) is 32.8 Å². The van der Waals surface area contributed by atoms with Gasteiger partial charge in [0.05, 0.1) is 4.90 Å². The minimum absolute atomic E-state index is 0.192. The Morgan fingerprint density at radius 2 is 1.95 bits per heavy atom. The van der Waals surface area contributed by atoms with Crippen LogP contribution in [0.2, 0.25) is 0 Å². The van der Waals surface area contributed by atoms with Crippen molar-refractivity contribution >= 4 is 15.7 Å². The zero-order valence-electron chi connectivity index (χ0n) is 11.9. The number of carbonyl (C=O) groups is 1. The second-order valence-corrected chi connectivity index (χ2v) is 7.35. The number of amides is 1. The quantitative estimate of drug-likeness (QED) is 0.900. The van der Waals surface area contributed by atoms with Crippen molar-refractivity contribution in [3.63, 3.8) is 0 Å². The highest BCUT2D eigenvalue weighted by Crippen LogP contribution is 2.13. The van der Waals surface area contributed by atoms with E-state index in [4.69, 9.17) is 0 Å². The molecule has 0 heterocycles. The summed E-state index contributed by atoms with van der Waals surface area (Å²) in [6.45, 7) is 7.49. The Bertz CT molecular complexity index is 562. The molecule has 0 saturated carbocycles. The van der Waals surface area contributed by atoms with Crippen LogP contribution in [-0.2, 0) is 14.6 Å². The average molecular weight is 283 g/mol. The van der Waals surface area contributed by atoms with Crippen molar-refractivity contribution in [2.24, 2.45) is 0 Å². The summed E-state index contributed by atoms with van der Waals surface area (Å²) in [6.07, 6.45) is 0.739. The molecule has 1 aromatic carbocycles. The molecule has 0 aromatic heterocycles. The van der Waals surface area contributed by atoms with Gasteiger partial charge in [0, 0.05) is 5.54 Å². The number of nitrogens with one attached hydrogen (secondary N) is 1. The first-order valence-electron chi connectivity index (χ1n) is 6.27. The average Bonchev–Trinajstić information content (AvgIpc) is 2.27. The normalized spacial score (nSPS) is 12.2. The van der Waals surface area contributed by atoms with Crippen LogP contribution in [0.15, 0.2) is 29.2 Å². The Kier molecular flexibility index (Phi) is 4.74. The van der Waals surface area contributed by atoms with Gasteiger partial charge < -0.3 is 5.32 Å². The molecule has 1 N–H and O–H groups in total. The molecule has 0 saturated heterocycles. The van der Waals surface area contributed by atoms with Crippen molar-refractivity contribution in [1.29, 1.82) is 0 Å². The fourth-order valence-electron chi connectivity index (χ4n) is 1.57. The number of benzene rings is 1. The third-order valence-corrected chi connectivity index (χ3v) is 4.65. The minimum atomic E-state index is -3.57. The lowest BCUT2D eigenvalue weighted by molar-refractivity contribution is -0.120. The molecule has 0 spiro atoms. The van der Waals surface area contributed by atoms with Crippen LogP contribution in [0, 0.1) is 6.92 Å². The van der Waals surface area contributed by atoms with Gasteiger partial charge in [-0.2, -0.15) is 0 Å². The maximum Gasteiger partial charge on any atom is 0.235 e. The highest BCUT2D eigenvalue weighted by Gasteiger charge is 2.23. The van der Waals surface area contributed by atoms with Gasteiger partial charge in [0.1, 0.15) is 5.75 Å². The predicted molar refractivity (Wildman–Crippen MR) is 75.7 cm³/mol. The van der Waals surface area contributed by atoms with Crippen LogP contribution in [-0.4, -0.2) is 25.6 Å². The van der Waals surface area contributed by atoms with Crippen LogP contribution in [0.4, 0.5) is 0 Å². The molecular weight excluding hydrogens is 262 g/mol. The molecule has 0 radical (unpaired) electrons. The summed E-state index contributed by atoms with van der Waals surface area (Å²) < 4.78 is 24.2. The molecule has 19 heavy (non-hydrogen) atoms. The third kappa shape index (κ3) is 4.67. The van der Waals surface area contributed by atoms with Gasteiger partial charge in [0.15, 0.2) is 9.84 Å². The van der Waals surface area contributed by atoms with E-state index in [0.29, 0.717) is 0 Å². The van der Waals surface area contributed by atoms with Gasteiger partial charge in [-0.3, -0.25) is 4.79 Å². The SMILES string of the molecule is CCC(C)(C)NC(=O)CS(=O)(=O)c1cccc(C)c1. The molecule has 0 fully saturated rings. The van der Waals surface area contributed by atoms with Crippen molar-refractivity contribution in [2.75, 3.05) is 5.75 Å². The molecule has 1 aromatic rings. The van der Waals surface area contributed by atoms with Crippen LogP contribution < -0.4 is 5.32 Å². The Morgan fingerprint density at radius 1 is 1.32 bits per heavy atom. The fraction of sp³-hybridized carbons (Fsp3) is 0.500. The zero-order valence-corrected chi connectivity index (χ0v) is 12.7. The second-order valence-electron chi connectivity index (χ2n) is 5.36. The number of aryl methyl sites for hydroxylation is 1. The Balaban J connectivity index is 2.84. The Labute approximate surface area is 115 Å². The van der Waals surface area contributed by atoms with E-state index in [1.807, 2.05) is 33.8 Å². The molecule has 0 aliphatic heterocycles. The zero-order chi connectivity index (χ0) is 14.7. The van der Waals surface area contributed by atoms with Crippen molar-refractivity contribution in [3.8, 4) is 0 Å². The molecule has 106 valence electrons. The van der Waals surface area contributed by atoms with E-state index in [0.717, 1.165) is 12.0 Å². The van der Waals surface area contributed by atoms with Crippen LogP contribution >= 0.6 is 0 Å². The molecule has 0 aliphatic carbocycles. The third-order valence-electron chi connectivity index (χ3n) is 3.03. The summed E-state index contributed by atoms with van der Waals surface area (Å²) in [7, 11) is -3.57. The van der Waals surface area contributed by atoms with E-state index in [1.165, 1.54) is 6.07 Å². The monoisotopic (exact) mass is 283 g/mol. The predicted octanol–water partition coefficient (Wildman–Crippen LogP) is 2.07. The van der Waals surface area contributed by atoms with E-state index < -0.39 is 21.5 Å². The van der Waals surface area contributed by atoms with Crippen LogP contribution in [0.3, 0.4) is 0 Å². The molecule has 1 rings (SSSR count). The van der Waals surface area contributed by atoms with Crippen molar-refractivity contribution < 1.29 is 13.2 Å². The number of sulfone groups is 1. The number of rotatable bonds is 5. The van der Waals surface area contributed by atoms with Gasteiger partial charge in [-0.1, -0.05) is 19.1 Å². The van der Waals surface area contributed by atoms with Crippen molar-refractivity contribution in [2.45, 2.75) is 44.6 Å². The molecule has 0 bridgehead atoms. The molecule has 1 amide bonds. The summed E-state index contributed by atoms with van der Waals surface area (Å²) in [5.74, 6) is -0.978. The fourth-order valence-corrected chi connectivity index (χ4v) is 2.80. The Morgan fingerprint density at radius 3 is 2.47 bits per heavy atom. The van der Waals surface area contributed by atoms with Gasteiger partial charge >= 0.3 is 0 Å². The highest BCUT2D eigenvalue weighted by atomic mass is 32.2. The lowest BCUT2D eigenvalue weighted by Crippen LogP contribution is -2.45. The molecule has 0 unspecified atom stereocenters. The topological polar surface area (TPSA) is 63.2 Å². The van der Waals surface area contributed by atoms with E-state index in [-0.39, 0.29) is 10.4 Å². The summed E-state index contributed by atoms with van der Waals surface area (Å²) in [5, 5.41) is 2.73. The first-order chi connectivity index (χ1) is 8.66. The maximum atomic E-state index is 12.1. The first kappa shape index (κ1) is 15.7. The van der Waals surface area contributed by atoms with Crippen LogP contribution in [0.5, 0.6) is 0 Å². The van der Waals surface area contributed by atoms with Crippen LogP contribution in [0.25, 0.3) is 0 Å². The molecule has 0 aliphatic rings. The summed E-state index contributed by atoms with van der Waals surface area (Å²) >= 11 is 0. The second kappa shape index (κ2) is 5.74. The summed E-state index contributed by atoms with van der Waals surface area (Å²) in [4.78, 5) is 12.0. The highest BCUT2D eigenvalue weighted by molar-refractivity contribution is 7.92. The van der Waals surface area contributed by atoms with Crippen molar-refractivity contribution in [3.05, 3.63) is 29.8 Å².